The van der Waals surface area contributed by atoms with E-state index in [2.05, 4.69) is 12.5 Å². The van der Waals surface area contributed by atoms with Gasteiger partial charge in [0.05, 0.1) is 12.5 Å². The van der Waals surface area contributed by atoms with Crippen LogP contribution in [0.2, 0.25) is 0 Å². The first kappa shape index (κ1) is 12.8. The maximum absolute atomic E-state index is 4.92. The van der Waals surface area contributed by atoms with Gasteiger partial charge in [0.2, 0.25) is 0 Å². The number of hydrogen-bond acceptors (Lipinski definition) is 1. The minimum Gasteiger partial charge on any atom is -1.00 e. The molecule has 0 aliphatic heterocycles. The Hall–Kier alpha value is 1.17. The van der Waals surface area contributed by atoms with Gasteiger partial charge in [-0.2, -0.15) is 0 Å². The summed E-state index contributed by atoms with van der Waals surface area (Å²) in [5.74, 6) is 1.27. The van der Waals surface area contributed by atoms with Gasteiger partial charge in [0, 0.05) is 6.42 Å². The van der Waals surface area contributed by atoms with Crippen molar-refractivity contribution in [2.24, 2.45) is 0 Å². The molecule has 0 amide bonds. The number of hydrogen-bond donors (Lipinski definition) is 0. The molecule has 0 heterocycles. The highest BCUT2D eigenvalue weighted by Gasteiger charge is 2.00. The Morgan fingerprint density at radius 3 is 2.00 bits per heavy atom. The van der Waals surface area contributed by atoms with Crippen LogP contribution in [0.15, 0.2) is 0 Å². The third-order valence-electron chi connectivity index (χ3n) is 0.862. The SMILES string of the molecule is CC(=S)CC[S+](C)C.[I-]. The first-order valence-corrected chi connectivity index (χ1v) is 5.28. The predicted molar refractivity (Wildman–Crippen MR) is 47.0 cm³/mol. The molecule has 56 valence electrons. The van der Waals surface area contributed by atoms with Crippen molar-refractivity contribution in [3.63, 3.8) is 0 Å². The van der Waals surface area contributed by atoms with Crippen LogP contribution in [-0.2, 0) is 10.9 Å². The molecule has 0 N–H and O–H groups in total. The Kier molecular flexibility index (Phi) is 10.4. The van der Waals surface area contributed by atoms with Crippen LogP contribution in [0.3, 0.4) is 0 Å². The molecule has 3 heteroatoms. The zero-order valence-corrected chi connectivity index (χ0v) is 9.90. The summed E-state index contributed by atoms with van der Waals surface area (Å²) in [5.41, 5.74) is 0. The second-order valence-electron chi connectivity index (χ2n) is 2.14. The van der Waals surface area contributed by atoms with E-state index >= 15 is 0 Å². The molecule has 0 aliphatic carbocycles. The van der Waals surface area contributed by atoms with Crippen LogP contribution in [-0.4, -0.2) is 23.1 Å². The van der Waals surface area contributed by atoms with E-state index in [-0.39, 0.29) is 24.0 Å². The molecule has 0 aliphatic rings. The van der Waals surface area contributed by atoms with Crippen molar-refractivity contribution in [3.8, 4) is 0 Å². The van der Waals surface area contributed by atoms with Crippen LogP contribution in [0.25, 0.3) is 0 Å². The number of thiocarbonyl (C=S) groups is 1. The molecular weight excluding hydrogens is 263 g/mol. The standard InChI is InChI=1S/C6H13S2.HI/c1-6(7)4-5-8(2)3;/h4-5H2,1-3H3;1H/q+1;/p-1. The maximum atomic E-state index is 4.92. The fourth-order valence-corrected chi connectivity index (χ4v) is 1.29. The summed E-state index contributed by atoms with van der Waals surface area (Å²) in [4.78, 5) is 1.14. The summed E-state index contributed by atoms with van der Waals surface area (Å²) in [5, 5.41) is 0. The summed E-state index contributed by atoms with van der Waals surface area (Å²) in [6, 6.07) is 0. The van der Waals surface area contributed by atoms with Crippen molar-refractivity contribution < 1.29 is 24.0 Å². The van der Waals surface area contributed by atoms with Gasteiger partial charge in [0.1, 0.15) is 5.75 Å². The fourth-order valence-electron chi connectivity index (χ4n) is 0.348. The van der Waals surface area contributed by atoms with Crippen LogP contribution >= 0.6 is 12.2 Å². The summed E-state index contributed by atoms with van der Waals surface area (Å²) < 4.78 is 0. The lowest BCUT2D eigenvalue weighted by Crippen LogP contribution is -3.00. The van der Waals surface area contributed by atoms with Crippen molar-refractivity contribution in [2.75, 3.05) is 18.3 Å². The molecule has 0 aromatic carbocycles. The van der Waals surface area contributed by atoms with Gasteiger partial charge in [-0.3, -0.25) is 0 Å². The number of halogens is 1. The highest BCUT2D eigenvalue weighted by molar-refractivity contribution is 7.95. The lowest BCUT2D eigenvalue weighted by atomic mass is 10.4. The second-order valence-corrected chi connectivity index (χ2v) is 5.22. The van der Waals surface area contributed by atoms with Gasteiger partial charge in [0.25, 0.3) is 0 Å². The molecule has 0 nitrogen and oxygen atoms in total. The minimum absolute atomic E-state index is 0. The van der Waals surface area contributed by atoms with Crippen LogP contribution in [0.5, 0.6) is 0 Å². The average molecular weight is 276 g/mol. The Labute approximate surface area is 83.2 Å². The Morgan fingerprint density at radius 2 is 1.89 bits per heavy atom. The molecule has 0 saturated carbocycles. The monoisotopic (exact) mass is 276 g/mol. The predicted octanol–water partition coefficient (Wildman–Crippen LogP) is -1.35. The molecule has 0 radical (unpaired) electrons. The Bertz CT molecular complexity index is 81.1. The Balaban J connectivity index is 0. The van der Waals surface area contributed by atoms with Crippen LogP contribution in [0.1, 0.15) is 13.3 Å². The fraction of sp³-hybridized carbons (Fsp3) is 0.833. The molecule has 0 aromatic heterocycles. The maximum Gasteiger partial charge on any atom is 0.112 e. The highest BCUT2D eigenvalue weighted by Crippen LogP contribution is 1.91. The van der Waals surface area contributed by atoms with Crippen LogP contribution < -0.4 is 24.0 Å². The van der Waals surface area contributed by atoms with E-state index in [1.165, 1.54) is 5.75 Å². The van der Waals surface area contributed by atoms with Crippen molar-refractivity contribution >= 4 is 28.0 Å². The molecule has 9 heavy (non-hydrogen) atoms. The summed E-state index contributed by atoms with van der Waals surface area (Å²) in [6.07, 6.45) is 5.63. The topological polar surface area (TPSA) is 0 Å². The molecule has 0 saturated heterocycles. The van der Waals surface area contributed by atoms with Crippen LogP contribution in [0.4, 0.5) is 0 Å². The van der Waals surface area contributed by atoms with Gasteiger partial charge in [-0.25, -0.2) is 0 Å². The van der Waals surface area contributed by atoms with Gasteiger partial charge in [0.15, 0.2) is 0 Å². The third-order valence-corrected chi connectivity index (χ3v) is 2.09. The molecule has 0 rings (SSSR count). The second kappa shape index (κ2) is 7.28. The van der Waals surface area contributed by atoms with Gasteiger partial charge < -0.3 is 24.0 Å². The molecule has 0 spiro atoms. The van der Waals surface area contributed by atoms with Gasteiger partial charge >= 0.3 is 0 Å². The number of rotatable bonds is 3. The lowest BCUT2D eigenvalue weighted by molar-refractivity contribution is -0.00000182. The zero-order valence-electron chi connectivity index (χ0n) is 6.11. The van der Waals surface area contributed by atoms with E-state index in [9.17, 15) is 0 Å². The first-order valence-electron chi connectivity index (χ1n) is 2.66. The van der Waals surface area contributed by atoms with E-state index in [4.69, 9.17) is 12.2 Å². The molecule has 0 fully saturated rings. The average Bonchev–Trinajstić information content (AvgIpc) is 1.61. The molecule has 0 bridgehead atoms. The molecule has 0 atom stereocenters. The van der Waals surface area contributed by atoms with Crippen LogP contribution in [0, 0.1) is 0 Å². The summed E-state index contributed by atoms with van der Waals surface area (Å²) in [7, 11) is 0.576. The largest absolute Gasteiger partial charge is 1.00 e. The normalized spacial score (nSPS) is 8.89. The van der Waals surface area contributed by atoms with Crippen molar-refractivity contribution in [1.29, 1.82) is 0 Å². The van der Waals surface area contributed by atoms with E-state index in [1.807, 2.05) is 6.92 Å². The smallest absolute Gasteiger partial charge is 0.112 e. The van der Waals surface area contributed by atoms with Gasteiger partial charge in [-0.15, -0.1) is 0 Å². The van der Waals surface area contributed by atoms with Crippen molar-refractivity contribution in [1.82, 2.24) is 0 Å². The highest BCUT2D eigenvalue weighted by atomic mass is 127. The molecule has 0 aromatic rings. The lowest BCUT2D eigenvalue weighted by Gasteiger charge is -1.92. The van der Waals surface area contributed by atoms with Gasteiger partial charge in [-0.1, -0.05) is 12.2 Å². The first-order chi connectivity index (χ1) is 3.63. The van der Waals surface area contributed by atoms with Gasteiger partial charge in [-0.05, 0) is 22.7 Å². The van der Waals surface area contributed by atoms with Crippen molar-refractivity contribution in [3.05, 3.63) is 0 Å². The van der Waals surface area contributed by atoms with E-state index in [0.717, 1.165) is 11.3 Å². The minimum atomic E-state index is 0. The quantitative estimate of drug-likeness (QED) is 0.349. The summed E-state index contributed by atoms with van der Waals surface area (Å²) >= 11 is 4.92. The Morgan fingerprint density at radius 1 is 1.44 bits per heavy atom. The molecular formula is C6H13IS2. The van der Waals surface area contributed by atoms with E-state index in [1.54, 1.807) is 0 Å². The zero-order chi connectivity index (χ0) is 6.57. The van der Waals surface area contributed by atoms with E-state index < -0.39 is 0 Å². The van der Waals surface area contributed by atoms with E-state index in [0.29, 0.717) is 10.9 Å². The third kappa shape index (κ3) is 12.4. The summed E-state index contributed by atoms with van der Waals surface area (Å²) in [6.45, 7) is 2.02. The molecule has 0 unspecified atom stereocenters. The van der Waals surface area contributed by atoms with Crippen molar-refractivity contribution in [2.45, 2.75) is 13.3 Å².